The molecule has 0 aromatic carbocycles. The van der Waals surface area contributed by atoms with Gasteiger partial charge in [0, 0.05) is 19.0 Å². The van der Waals surface area contributed by atoms with Crippen LogP contribution in [0.5, 0.6) is 0 Å². The average Bonchev–Trinajstić information content (AvgIpc) is 2.86. The predicted molar refractivity (Wildman–Crippen MR) is 81.9 cm³/mol. The number of methoxy groups -OCH3 is 1. The van der Waals surface area contributed by atoms with Crippen molar-refractivity contribution in [2.24, 2.45) is 29.1 Å². The molecule has 122 valence electrons. The quantitative estimate of drug-likeness (QED) is 0.753. The van der Waals surface area contributed by atoms with Crippen LogP contribution >= 0.6 is 0 Å². The Kier molecular flexibility index (Phi) is 3.28. The Hall–Kier alpha value is -1.06. The zero-order valence-corrected chi connectivity index (χ0v) is 13.7. The highest BCUT2D eigenvalue weighted by Gasteiger charge is 2.55. The van der Waals surface area contributed by atoms with E-state index in [0.29, 0.717) is 18.4 Å². The minimum absolute atomic E-state index is 0.152. The number of amides is 1. The number of carbonyl (C=O) groups excluding carboxylic acids is 2. The molecule has 4 heteroatoms. The van der Waals surface area contributed by atoms with Crippen LogP contribution in [-0.4, -0.2) is 36.5 Å². The lowest BCUT2D eigenvalue weighted by Crippen LogP contribution is -2.56. The largest absolute Gasteiger partial charge is 0.469 e. The van der Waals surface area contributed by atoms with Crippen molar-refractivity contribution < 1.29 is 14.3 Å². The number of esters is 1. The third kappa shape index (κ3) is 2.10. The van der Waals surface area contributed by atoms with E-state index in [0.717, 1.165) is 17.8 Å². The van der Waals surface area contributed by atoms with Gasteiger partial charge in [-0.15, -0.1) is 0 Å². The van der Waals surface area contributed by atoms with Gasteiger partial charge in [-0.3, -0.25) is 9.59 Å². The summed E-state index contributed by atoms with van der Waals surface area (Å²) in [4.78, 5) is 26.2. The first-order valence-electron chi connectivity index (χ1n) is 8.88. The van der Waals surface area contributed by atoms with E-state index in [1.54, 1.807) is 0 Å². The van der Waals surface area contributed by atoms with Crippen LogP contribution in [0.4, 0.5) is 0 Å². The first-order chi connectivity index (χ1) is 10.5. The second-order valence-corrected chi connectivity index (χ2v) is 8.43. The van der Waals surface area contributed by atoms with Crippen molar-refractivity contribution in [3.63, 3.8) is 0 Å². The van der Waals surface area contributed by atoms with Crippen LogP contribution in [0.3, 0.4) is 0 Å². The molecule has 4 bridgehead atoms. The molecular weight excluding hydrogens is 278 g/mol. The zero-order valence-electron chi connectivity index (χ0n) is 13.7. The Morgan fingerprint density at radius 1 is 1.18 bits per heavy atom. The highest BCUT2D eigenvalue weighted by Crippen LogP contribution is 2.62. The molecule has 1 heterocycles. The van der Waals surface area contributed by atoms with Crippen molar-refractivity contribution in [3.05, 3.63) is 0 Å². The molecule has 2 atom stereocenters. The van der Waals surface area contributed by atoms with Gasteiger partial charge in [0.05, 0.1) is 13.0 Å². The Labute approximate surface area is 132 Å². The summed E-state index contributed by atoms with van der Waals surface area (Å²) in [5, 5.41) is 0. The molecule has 1 saturated heterocycles. The lowest BCUT2D eigenvalue weighted by molar-refractivity contribution is -0.145. The Morgan fingerprint density at radius 3 is 2.23 bits per heavy atom. The van der Waals surface area contributed by atoms with Crippen LogP contribution < -0.4 is 0 Å². The fraction of sp³-hybridized carbons (Fsp3) is 0.889. The van der Waals surface area contributed by atoms with Gasteiger partial charge < -0.3 is 9.64 Å². The highest BCUT2D eigenvalue weighted by atomic mass is 16.5. The van der Waals surface area contributed by atoms with Gasteiger partial charge in [-0.25, -0.2) is 0 Å². The van der Waals surface area contributed by atoms with Gasteiger partial charge in [0.2, 0.25) is 5.91 Å². The number of rotatable bonds is 3. The van der Waals surface area contributed by atoms with Crippen molar-refractivity contribution >= 4 is 11.9 Å². The topological polar surface area (TPSA) is 46.6 Å². The maximum Gasteiger partial charge on any atom is 0.310 e. The molecule has 2 unspecified atom stereocenters. The molecule has 0 aromatic rings. The summed E-state index contributed by atoms with van der Waals surface area (Å²) >= 11 is 0. The van der Waals surface area contributed by atoms with E-state index in [4.69, 9.17) is 4.74 Å². The standard InChI is InChI=1S/C18H27NO3/c1-11(19-10-15(6-16(19)20)17(21)22-2)18-7-12-3-13(8-18)5-14(4-12)9-18/h11-15H,3-10H2,1-2H3. The van der Waals surface area contributed by atoms with Crippen LogP contribution in [-0.2, 0) is 14.3 Å². The molecule has 1 aliphatic heterocycles. The van der Waals surface area contributed by atoms with Crippen molar-refractivity contribution in [3.8, 4) is 0 Å². The molecular formula is C18H27NO3. The van der Waals surface area contributed by atoms with Gasteiger partial charge in [0.25, 0.3) is 0 Å². The van der Waals surface area contributed by atoms with Crippen LogP contribution in [0.1, 0.15) is 51.9 Å². The summed E-state index contributed by atoms with van der Waals surface area (Å²) in [6.45, 7) is 2.80. The molecule has 4 aliphatic carbocycles. The van der Waals surface area contributed by atoms with Crippen molar-refractivity contribution in [2.45, 2.75) is 57.9 Å². The van der Waals surface area contributed by atoms with Crippen LogP contribution in [0.15, 0.2) is 0 Å². The fourth-order valence-corrected chi connectivity index (χ4v) is 6.45. The average molecular weight is 305 g/mol. The Morgan fingerprint density at radius 2 is 1.73 bits per heavy atom. The molecule has 5 rings (SSSR count). The predicted octanol–water partition coefficient (Wildman–Crippen LogP) is 2.61. The number of nitrogens with zero attached hydrogens (tertiary/aromatic N) is 1. The van der Waals surface area contributed by atoms with E-state index in [1.807, 2.05) is 4.90 Å². The van der Waals surface area contributed by atoms with E-state index in [2.05, 4.69) is 6.92 Å². The van der Waals surface area contributed by atoms with Crippen molar-refractivity contribution in [1.82, 2.24) is 4.90 Å². The second kappa shape index (κ2) is 4.97. The summed E-state index contributed by atoms with van der Waals surface area (Å²) in [6.07, 6.45) is 8.50. The van der Waals surface area contributed by atoms with Gasteiger partial charge in [0.15, 0.2) is 0 Å². The van der Waals surface area contributed by atoms with Crippen molar-refractivity contribution in [2.75, 3.05) is 13.7 Å². The van der Waals surface area contributed by atoms with E-state index in [9.17, 15) is 9.59 Å². The maximum absolute atomic E-state index is 12.5. The summed E-state index contributed by atoms with van der Waals surface area (Å²) in [6, 6.07) is 0.281. The minimum atomic E-state index is -0.256. The Bertz CT molecular complexity index is 465. The number of hydrogen-bond donors (Lipinski definition) is 0. The summed E-state index contributed by atoms with van der Waals surface area (Å²) < 4.78 is 4.84. The van der Waals surface area contributed by atoms with Gasteiger partial charge in [-0.05, 0) is 68.6 Å². The lowest BCUT2D eigenvalue weighted by Gasteiger charge is -2.60. The number of hydrogen-bond acceptors (Lipinski definition) is 3. The van der Waals surface area contributed by atoms with Gasteiger partial charge >= 0.3 is 5.97 Å². The maximum atomic E-state index is 12.5. The number of ether oxygens (including phenoxy) is 1. The van der Waals surface area contributed by atoms with E-state index in [-0.39, 0.29) is 23.8 Å². The van der Waals surface area contributed by atoms with Crippen LogP contribution in [0, 0.1) is 29.1 Å². The molecule has 22 heavy (non-hydrogen) atoms. The number of carbonyl (C=O) groups is 2. The minimum Gasteiger partial charge on any atom is -0.469 e. The lowest BCUT2D eigenvalue weighted by atomic mass is 9.47. The van der Waals surface area contributed by atoms with Crippen LogP contribution in [0.2, 0.25) is 0 Å². The molecule has 0 N–H and O–H groups in total. The monoisotopic (exact) mass is 305 g/mol. The zero-order chi connectivity index (χ0) is 15.5. The summed E-state index contributed by atoms with van der Waals surface area (Å²) in [5.41, 5.74) is 0.329. The highest BCUT2D eigenvalue weighted by molar-refractivity contribution is 5.87. The molecule has 5 fully saturated rings. The van der Waals surface area contributed by atoms with Gasteiger partial charge in [-0.2, -0.15) is 0 Å². The molecule has 0 radical (unpaired) electrons. The van der Waals surface area contributed by atoms with E-state index < -0.39 is 0 Å². The molecule has 4 saturated carbocycles. The second-order valence-electron chi connectivity index (χ2n) is 8.43. The molecule has 5 aliphatic rings. The molecule has 4 nitrogen and oxygen atoms in total. The third-order valence-corrected chi connectivity index (χ3v) is 7.13. The van der Waals surface area contributed by atoms with E-state index in [1.165, 1.54) is 45.6 Å². The fourth-order valence-electron chi connectivity index (χ4n) is 6.45. The normalized spacial score (nSPS) is 44.5. The van der Waals surface area contributed by atoms with Crippen LogP contribution in [0.25, 0.3) is 0 Å². The first-order valence-corrected chi connectivity index (χ1v) is 8.88. The van der Waals surface area contributed by atoms with Crippen molar-refractivity contribution in [1.29, 1.82) is 0 Å². The van der Waals surface area contributed by atoms with Gasteiger partial charge in [-0.1, -0.05) is 0 Å². The Balaban J connectivity index is 1.53. The molecule has 0 aromatic heterocycles. The first kappa shape index (κ1) is 14.5. The molecule has 1 amide bonds. The summed E-state index contributed by atoms with van der Waals surface area (Å²) in [5.74, 6) is 2.34. The SMILES string of the molecule is COC(=O)C1CC(=O)N(C(C)C23CC4CC(CC(C4)C2)C3)C1. The smallest absolute Gasteiger partial charge is 0.310 e. The summed E-state index contributed by atoms with van der Waals surface area (Å²) in [7, 11) is 1.41. The van der Waals surface area contributed by atoms with Gasteiger partial charge in [0.1, 0.15) is 0 Å². The number of likely N-dealkylation sites (tertiary alicyclic amines) is 1. The molecule has 0 spiro atoms. The van der Waals surface area contributed by atoms with E-state index >= 15 is 0 Å². The third-order valence-electron chi connectivity index (χ3n) is 7.13.